The van der Waals surface area contributed by atoms with Crippen LogP contribution in [-0.2, 0) is 9.47 Å². The van der Waals surface area contributed by atoms with Gasteiger partial charge in [-0.25, -0.2) is 13.8 Å². The molecule has 1 fully saturated rings. The maximum atomic E-state index is 13.8. The van der Waals surface area contributed by atoms with Crippen molar-refractivity contribution in [2.45, 2.75) is 43.4 Å². The Bertz CT molecular complexity index is 1390. The van der Waals surface area contributed by atoms with E-state index in [4.69, 9.17) is 22.6 Å². The summed E-state index contributed by atoms with van der Waals surface area (Å²) in [6.45, 7) is 0. The van der Waals surface area contributed by atoms with Gasteiger partial charge in [0.15, 0.2) is 11.4 Å². The summed E-state index contributed by atoms with van der Waals surface area (Å²) in [6.07, 6.45) is -19.0. The van der Waals surface area contributed by atoms with E-state index in [1.54, 1.807) is 0 Å². The van der Waals surface area contributed by atoms with E-state index in [1.807, 2.05) is 6.07 Å². The van der Waals surface area contributed by atoms with Gasteiger partial charge in [0.1, 0.15) is 9.88 Å². The summed E-state index contributed by atoms with van der Waals surface area (Å²) in [7, 11) is 0.770. The third-order valence-corrected chi connectivity index (χ3v) is 6.45. The standard InChI is InChI=1S/C20H14ClF9N6O3S/c1-33-14(11(18(23,24)25)13(32)38-19(26,27)16(22)39-20(28,29)30)36-6-8(5-34-36)10-4-9(12(21)40-10)15(37)35-17(7-31)2-3-17/h4-6,16H,2-3,32H2,1H3,(H,35,37). The predicted octanol–water partition coefficient (Wildman–Crippen LogP) is 5.10. The predicted molar refractivity (Wildman–Crippen MR) is 120 cm³/mol. The third kappa shape index (κ3) is 6.98. The monoisotopic (exact) mass is 624 g/mol. The van der Waals surface area contributed by atoms with E-state index in [1.165, 1.54) is 6.07 Å². The number of allylic oxidation sites excluding steroid dienone is 1. The summed E-state index contributed by atoms with van der Waals surface area (Å²) in [5.41, 5.74) is 1.76. The molecule has 3 rings (SSSR count). The number of hydrogen-bond donors (Lipinski definition) is 2. The maximum absolute atomic E-state index is 13.8. The fourth-order valence-corrected chi connectivity index (χ4v) is 4.29. The highest BCUT2D eigenvalue weighted by Gasteiger charge is 2.52. The highest BCUT2D eigenvalue weighted by atomic mass is 35.5. The zero-order chi connectivity index (χ0) is 30.3. The topological polar surface area (TPSA) is 128 Å². The highest BCUT2D eigenvalue weighted by molar-refractivity contribution is 7.19. The Balaban J connectivity index is 1.93. The van der Waals surface area contributed by atoms with Crippen LogP contribution in [0.1, 0.15) is 23.2 Å². The average molecular weight is 625 g/mol. The molecule has 0 radical (unpaired) electrons. The van der Waals surface area contributed by atoms with Crippen molar-refractivity contribution in [3.8, 4) is 16.5 Å². The van der Waals surface area contributed by atoms with Gasteiger partial charge >= 0.3 is 25.0 Å². The van der Waals surface area contributed by atoms with Crippen molar-refractivity contribution in [2.24, 2.45) is 10.7 Å². The average Bonchev–Trinajstić information content (AvgIpc) is 3.21. The molecule has 0 saturated heterocycles. The SMILES string of the molecule is CN=C(C(=C(N)OC(F)(F)C(F)OC(F)(F)F)C(F)(F)F)n1cc(-c2cc(C(=O)NC3(C#N)CC3)c(Cl)s2)cn1. The highest BCUT2D eigenvalue weighted by Crippen LogP contribution is 2.39. The number of carbonyl (C=O) groups excluding carboxylic acids is 1. The minimum atomic E-state index is -5.92. The molecule has 40 heavy (non-hydrogen) atoms. The Morgan fingerprint density at radius 1 is 1.30 bits per heavy atom. The smallest absolute Gasteiger partial charge is 0.412 e. The van der Waals surface area contributed by atoms with E-state index in [0.29, 0.717) is 17.5 Å². The van der Waals surface area contributed by atoms with Gasteiger partial charge in [-0.3, -0.25) is 9.79 Å². The summed E-state index contributed by atoms with van der Waals surface area (Å²) in [5.74, 6) is -4.19. The molecule has 1 aliphatic rings. The number of nitrogens with zero attached hydrogens (tertiary/aromatic N) is 4. The molecule has 1 amide bonds. The van der Waals surface area contributed by atoms with Crippen LogP contribution in [0, 0.1) is 11.3 Å². The first-order chi connectivity index (χ1) is 18.3. The first-order valence-corrected chi connectivity index (χ1v) is 11.6. The van der Waals surface area contributed by atoms with Gasteiger partial charge < -0.3 is 15.8 Å². The van der Waals surface area contributed by atoms with Gasteiger partial charge in [-0.15, -0.1) is 24.5 Å². The van der Waals surface area contributed by atoms with E-state index in [-0.39, 0.29) is 20.3 Å². The minimum Gasteiger partial charge on any atom is -0.412 e. The van der Waals surface area contributed by atoms with E-state index >= 15 is 0 Å². The van der Waals surface area contributed by atoms with Crippen molar-refractivity contribution < 1.29 is 53.8 Å². The van der Waals surface area contributed by atoms with E-state index in [0.717, 1.165) is 30.8 Å². The Kier molecular flexibility index (Phi) is 8.39. The molecule has 2 aromatic heterocycles. The molecule has 1 atom stereocenters. The number of thiophene rings is 1. The number of nitrogens with two attached hydrogens (primary N) is 1. The molecule has 2 heterocycles. The molecular weight excluding hydrogens is 611 g/mol. The van der Waals surface area contributed by atoms with E-state index in [9.17, 15) is 44.3 Å². The van der Waals surface area contributed by atoms with Crippen LogP contribution in [0.4, 0.5) is 39.5 Å². The first kappa shape index (κ1) is 31.0. The van der Waals surface area contributed by atoms with Crippen LogP contribution in [0.15, 0.2) is 34.9 Å². The number of nitriles is 1. The van der Waals surface area contributed by atoms with E-state index in [2.05, 4.69) is 24.9 Å². The molecule has 218 valence electrons. The van der Waals surface area contributed by atoms with Crippen LogP contribution in [0.5, 0.6) is 0 Å². The summed E-state index contributed by atoms with van der Waals surface area (Å²) >= 11 is 6.93. The van der Waals surface area contributed by atoms with Crippen LogP contribution >= 0.6 is 22.9 Å². The van der Waals surface area contributed by atoms with Gasteiger partial charge in [0.25, 0.3) is 5.91 Å². The largest absolute Gasteiger partial charge is 0.525 e. The molecule has 9 nitrogen and oxygen atoms in total. The first-order valence-electron chi connectivity index (χ1n) is 10.4. The van der Waals surface area contributed by atoms with Crippen molar-refractivity contribution in [1.82, 2.24) is 15.1 Å². The molecule has 1 aliphatic carbocycles. The lowest BCUT2D eigenvalue weighted by Gasteiger charge is -2.24. The molecular formula is C20H14ClF9N6O3S. The Morgan fingerprint density at radius 3 is 2.42 bits per heavy atom. The lowest BCUT2D eigenvalue weighted by Crippen LogP contribution is -2.41. The number of amides is 1. The second kappa shape index (κ2) is 10.8. The quantitative estimate of drug-likeness (QED) is 0.182. The fourth-order valence-electron chi connectivity index (χ4n) is 3.04. The zero-order valence-corrected chi connectivity index (χ0v) is 21.1. The number of nitrogens with one attached hydrogen (secondary N) is 1. The Hall–Kier alpha value is -3.50. The third-order valence-electron chi connectivity index (χ3n) is 5.04. The molecule has 0 bridgehead atoms. The summed E-state index contributed by atoms with van der Waals surface area (Å²) in [4.78, 5) is 16.0. The molecule has 0 spiro atoms. The van der Waals surface area contributed by atoms with Crippen LogP contribution < -0.4 is 11.1 Å². The van der Waals surface area contributed by atoms with E-state index < -0.39 is 53.7 Å². The molecule has 1 saturated carbocycles. The number of aromatic nitrogens is 2. The van der Waals surface area contributed by atoms with Crippen LogP contribution in [0.3, 0.4) is 0 Å². The molecule has 0 aliphatic heterocycles. The number of hydrogen-bond acceptors (Lipinski definition) is 8. The van der Waals surface area contributed by atoms with Crippen molar-refractivity contribution in [2.75, 3.05) is 7.05 Å². The molecule has 1 unspecified atom stereocenters. The fraction of sp³-hybridized carbons (Fsp3) is 0.400. The Labute approximate surface area is 226 Å². The molecule has 0 aromatic carbocycles. The Morgan fingerprint density at radius 2 is 1.93 bits per heavy atom. The second-order valence-corrected chi connectivity index (χ2v) is 9.60. The van der Waals surface area contributed by atoms with Gasteiger partial charge in [0.05, 0.1) is 17.8 Å². The molecule has 2 aromatic rings. The number of carbonyl (C=O) groups is 1. The van der Waals surface area contributed by atoms with Gasteiger partial charge in [0.2, 0.25) is 5.88 Å². The summed E-state index contributed by atoms with van der Waals surface area (Å²) in [6, 6.07) is 3.22. The normalized spacial score (nSPS) is 17.1. The zero-order valence-electron chi connectivity index (χ0n) is 19.5. The van der Waals surface area contributed by atoms with Crippen LogP contribution in [0.2, 0.25) is 4.34 Å². The second-order valence-electron chi connectivity index (χ2n) is 7.95. The number of aliphatic imine (C=N–C) groups is 1. The van der Waals surface area contributed by atoms with Crippen molar-refractivity contribution in [1.29, 1.82) is 5.26 Å². The van der Waals surface area contributed by atoms with Gasteiger partial charge in [0, 0.05) is 23.7 Å². The van der Waals surface area contributed by atoms with Gasteiger partial charge in [-0.05, 0) is 18.9 Å². The number of rotatable bonds is 8. The van der Waals surface area contributed by atoms with Crippen LogP contribution in [0.25, 0.3) is 10.4 Å². The van der Waals surface area contributed by atoms with Crippen molar-refractivity contribution in [3.63, 3.8) is 0 Å². The minimum absolute atomic E-state index is 0.0315. The number of alkyl halides is 9. The summed E-state index contributed by atoms with van der Waals surface area (Å²) in [5, 5.41) is 15.3. The molecule has 3 N–H and O–H groups in total. The van der Waals surface area contributed by atoms with Gasteiger partial charge in [-0.2, -0.15) is 32.3 Å². The maximum Gasteiger partial charge on any atom is 0.525 e. The van der Waals surface area contributed by atoms with Crippen molar-refractivity contribution >= 4 is 34.7 Å². The van der Waals surface area contributed by atoms with Crippen molar-refractivity contribution in [3.05, 3.63) is 39.8 Å². The lowest BCUT2D eigenvalue weighted by atomic mass is 10.2. The number of halogens is 10. The van der Waals surface area contributed by atoms with Gasteiger partial charge in [-0.1, -0.05) is 11.6 Å². The van der Waals surface area contributed by atoms with Crippen LogP contribution in [-0.4, -0.2) is 59.1 Å². The summed E-state index contributed by atoms with van der Waals surface area (Å²) < 4.78 is 125. The molecule has 20 heteroatoms. The lowest BCUT2D eigenvalue weighted by molar-refractivity contribution is -0.418. The number of ether oxygens (including phenoxy) is 2.